The van der Waals surface area contributed by atoms with Crippen LogP contribution in [-0.2, 0) is 9.59 Å². The molecule has 0 atom stereocenters. The molecule has 0 aromatic heterocycles. The molecule has 1 aromatic carbocycles. The minimum atomic E-state index is -0.614. The molecule has 2 rings (SSSR count). The minimum Gasteiger partial charge on any atom is -0.396 e. The molecule has 1 fully saturated rings. The number of carbonyl (C=O) groups is 2. The highest BCUT2D eigenvalue weighted by Gasteiger charge is 2.27. The van der Waals surface area contributed by atoms with Gasteiger partial charge in [-0.05, 0) is 30.9 Å². The molecule has 6 nitrogen and oxygen atoms in total. The molecular formula is C16H23N3O3. The van der Waals surface area contributed by atoms with E-state index in [1.807, 2.05) is 37.2 Å². The van der Waals surface area contributed by atoms with Gasteiger partial charge in [-0.3, -0.25) is 9.59 Å². The van der Waals surface area contributed by atoms with E-state index >= 15 is 0 Å². The van der Waals surface area contributed by atoms with Crippen molar-refractivity contribution in [2.45, 2.75) is 12.8 Å². The first kappa shape index (κ1) is 16.3. The van der Waals surface area contributed by atoms with Crippen molar-refractivity contribution in [2.75, 3.05) is 44.0 Å². The lowest BCUT2D eigenvalue weighted by molar-refractivity contribution is -0.144. The molecule has 2 amide bonds. The normalized spacial score (nSPS) is 15.5. The zero-order valence-corrected chi connectivity index (χ0v) is 13.1. The minimum absolute atomic E-state index is 0.143. The van der Waals surface area contributed by atoms with Crippen LogP contribution in [-0.4, -0.2) is 55.6 Å². The molecule has 0 unspecified atom stereocenters. The predicted octanol–water partition coefficient (Wildman–Crippen LogP) is 0.922. The van der Waals surface area contributed by atoms with Crippen molar-refractivity contribution >= 4 is 23.2 Å². The van der Waals surface area contributed by atoms with Crippen molar-refractivity contribution in [2.24, 2.45) is 5.92 Å². The monoisotopic (exact) mass is 305 g/mol. The summed E-state index contributed by atoms with van der Waals surface area (Å²) in [7, 11) is 3.76. The third kappa shape index (κ3) is 3.76. The number of carbonyl (C=O) groups excluding carboxylic acids is 2. The Bertz CT molecular complexity index is 537. The summed E-state index contributed by atoms with van der Waals surface area (Å²) in [6, 6.07) is 7.36. The van der Waals surface area contributed by atoms with E-state index in [9.17, 15) is 9.59 Å². The molecule has 0 aliphatic carbocycles. The van der Waals surface area contributed by atoms with E-state index in [0.29, 0.717) is 18.8 Å². The van der Waals surface area contributed by atoms with Crippen LogP contribution in [0, 0.1) is 5.92 Å². The number of aliphatic hydroxyl groups is 1. The van der Waals surface area contributed by atoms with E-state index < -0.39 is 11.8 Å². The molecule has 0 spiro atoms. The summed E-state index contributed by atoms with van der Waals surface area (Å²) < 4.78 is 0. The fraction of sp³-hybridized carbons (Fsp3) is 0.500. The summed E-state index contributed by atoms with van der Waals surface area (Å²) in [4.78, 5) is 27.8. The van der Waals surface area contributed by atoms with Gasteiger partial charge in [0.25, 0.3) is 0 Å². The van der Waals surface area contributed by atoms with Crippen LogP contribution < -0.4 is 10.2 Å². The molecule has 1 saturated heterocycles. The molecular weight excluding hydrogens is 282 g/mol. The number of anilines is 2. The second-order valence-electron chi connectivity index (χ2n) is 5.78. The summed E-state index contributed by atoms with van der Waals surface area (Å²) >= 11 is 0. The van der Waals surface area contributed by atoms with Gasteiger partial charge in [0, 0.05) is 33.8 Å². The highest BCUT2D eigenvalue weighted by molar-refractivity contribution is 6.39. The molecule has 0 saturated carbocycles. The number of rotatable bonds is 3. The maximum absolute atomic E-state index is 12.2. The smallest absolute Gasteiger partial charge is 0.313 e. The average molecular weight is 305 g/mol. The Hall–Kier alpha value is -2.08. The predicted molar refractivity (Wildman–Crippen MR) is 85.8 cm³/mol. The van der Waals surface area contributed by atoms with E-state index in [0.717, 1.165) is 18.5 Å². The van der Waals surface area contributed by atoms with Gasteiger partial charge < -0.3 is 20.2 Å². The van der Waals surface area contributed by atoms with Crippen LogP contribution in [0.1, 0.15) is 12.8 Å². The zero-order chi connectivity index (χ0) is 16.1. The van der Waals surface area contributed by atoms with Crippen molar-refractivity contribution < 1.29 is 14.7 Å². The fourth-order valence-electron chi connectivity index (χ4n) is 2.61. The van der Waals surface area contributed by atoms with Gasteiger partial charge in [-0.2, -0.15) is 0 Å². The van der Waals surface area contributed by atoms with Crippen LogP contribution in [0.25, 0.3) is 0 Å². The highest BCUT2D eigenvalue weighted by atomic mass is 16.3. The number of nitrogens with one attached hydrogen (secondary N) is 1. The lowest BCUT2D eigenvalue weighted by Crippen LogP contribution is -2.44. The van der Waals surface area contributed by atoms with Crippen molar-refractivity contribution in [1.82, 2.24) is 4.90 Å². The Morgan fingerprint density at radius 2 is 1.91 bits per heavy atom. The maximum atomic E-state index is 12.2. The average Bonchev–Trinajstić information content (AvgIpc) is 2.54. The number of hydrogen-bond donors (Lipinski definition) is 2. The van der Waals surface area contributed by atoms with Crippen LogP contribution in [0.5, 0.6) is 0 Å². The number of benzene rings is 1. The van der Waals surface area contributed by atoms with Crippen molar-refractivity contribution in [3.63, 3.8) is 0 Å². The number of amides is 2. The SMILES string of the molecule is CN(C)c1ccccc1NC(=O)C(=O)N1CCC(CO)CC1. The largest absolute Gasteiger partial charge is 0.396 e. The highest BCUT2D eigenvalue weighted by Crippen LogP contribution is 2.23. The zero-order valence-electron chi connectivity index (χ0n) is 13.1. The maximum Gasteiger partial charge on any atom is 0.313 e. The lowest BCUT2D eigenvalue weighted by Gasteiger charge is -2.30. The number of likely N-dealkylation sites (tertiary alicyclic amines) is 1. The van der Waals surface area contributed by atoms with E-state index in [4.69, 9.17) is 5.11 Å². The molecule has 120 valence electrons. The number of piperidine rings is 1. The standard InChI is InChI=1S/C16H23N3O3/c1-18(2)14-6-4-3-5-13(14)17-15(21)16(22)19-9-7-12(11-20)8-10-19/h3-6,12,20H,7-11H2,1-2H3,(H,17,21). The summed E-state index contributed by atoms with van der Waals surface area (Å²) in [6.07, 6.45) is 1.48. The second-order valence-corrected chi connectivity index (χ2v) is 5.78. The Morgan fingerprint density at radius 3 is 2.50 bits per heavy atom. The molecule has 1 aliphatic rings. The van der Waals surface area contributed by atoms with Gasteiger partial charge in [0.2, 0.25) is 0 Å². The summed E-state index contributed by atoms with van der Waals surface area (Å²) in [5.41, 5.74) is 1.47. The van der Waals surface area contributed by atoms with Crippen molar-refractivity contribution in [3.8, 4) is 0 Å². The van der Waals surface area contributed by atoms with Crippen LogP contribution in [0.4, 0.5) is 11.4 Å². The van der Waals surface area contributed by atoms with Gasteiger partial charge in [-0.1, -0.05) is 12.1 Å². The second kappa shape index (κ2) is 7.26. The van der Waals surface area contributed by atoms with Crippen molar-refractivity contribution in [1.29, 1.82) is 0 Å². The van der Waals surface area contributed by atoms with Gasteiger partial charge in [0.1, 0.15) is 0 Å². The quantitative estimate of drug-likeness (QED) is 0.815. The number of nitrogens with zero attached hydrogens (tertiary/aromatic N) is 2. The summed E-state index contributed by atoms with van der Waals surface area (Å²) in [5.74, 6) is -0.886. The fourth-order valence-corrected chi connectivity index (χ4v) is 2.61. The van der Waals surface area contributed by atoms with Gasteiger partial charge in [0.05, 0.1) is 11.4 Å². The topological polar surface area (TPSA) is 72.9 Å². The molecule has 6 heteroatoms. The Morgan fingerprint density at radius 1 is 1.27 bits per heavy atom. The van der Waals surface area contributed by atoms with Crippen LogP contribution in [0.3, 0.4) is 0 Å². The summed E-state index contributed by atoms with van der Waals surface area (Å²) in [6.45, 7) is 1.18. The first-order valence-electron chi connectivity index (χ1n) is 7.50. The van der Waals surface area contributed by atoms with E-state index in [2.05, 4.69) is 5.32 Å². The van der Waals surface area contributed by atoms with E-state index in [1.54, 1.807) is 11.0 Å². The molecule has 1 heterocycles. The lowest BCUT2D eigenvalue weighted by atomic mass is 9.98. The third-order valence-corrected chi connectivity index (χ3v) is 3.99. The molecule has 1 aromatic rings. The van der Waals surface area contributed by atoms with Gasteiger partial charge in [0.15, 0.2) is 0 Å². The summed E-state index contributed by atoms with van der Waals surface area (Å²) in [5, 5.41) is 11.8. The Kier molecular flexibility index (Phi) is 5.38. The van der Waals surface area contributed by atoms with Crippen molar-refractivity contribution in [3.05, 3.63) is 24.3 Å². The number of aliphatic hydroxyl groups excluding tert-OH is 1. The molecule has 22 heavy (non-hydrogen) atoms. The van der Waals surface area contributed by atoms with Crippen LogP contribution in [0.15, 0.2) is 24.3 Å². The van der Waals surface area contributed by atoms with Crippen LogP contribution >= 0.6 is 0 Å². The first-order chi connectivity index (χ1) is 10.5. The molecule has 0 bridgehead atoms. The van der Waals surface area contributed by atoms with Gasteiger partial charge in [-0.25, -0.2) is 0 Å². The van der Waals surface area contributed by atoms with E-state index in [1.165, 1.54) is 0 Å². The first-order valence-corrected chi connectivity index (χ1v) is 7.50. The number of hydrogen-bond acceptors (Lipinski definition) is 4. The molecule has 2 N–H and O–H groups in total. The molecule has 0 radical (unpaired) electrons. The van der Waals surface area contributed by atoms with Gasteiger partial charge >= 0.3 is 11.8 Å². The van der Waals surface area contributed by atoms with Gasteiger partial charge in [-0.15, -0.1) is 0 Å². The Labute approximate surface area is 130 Å². The Balaban J connectivity index is 1.99. The third-order valence-electron chi connectivity index (χ3n) is 3.99. The van der Waals surface area contributed by atoms with E-state index in [-0.39, 0.29) is 12.5 Å². The number of para-hydroxylation sites is 2. The molecule has 1 aliphatic heterocycles. The van der Waals surface area contributed by atoms with Crippen LogP contribution in [0.2, 0.25) is 0 Å².